The summed E-state index contributed by atoms with van der Waals surface area (Å²) < 4.78 is 1.81. The molecular weight excluding hydrogens is 226 g/mol. The van der Waals surface area contributed by atoms with Crippen molar-refractivity contribution in [1.82, 2.24) is 14.8 Å². The van der Waals surface area contributed by atoms with Crippen LogP contribution in [0.5, 0.6) is 0 Å². The van der Waals surface area contributed by atoms with Crippen LogP contribution in [0.2, 0.25) is 0 Å². The lowest BCUT2D eigenvalue weighted by atomic mass is 10.3. The quantitative estimate of drug-likeness (QED) is 0.893. The van der Waals surface area contributed by atoms with Crippen LogP contribution in [-0.2, 0) is 13.6 Å². The van der Waals surface area contributed by atoms with Gasteiger partial charge in [0.25, 0.3) is 0 Å². The molecule has 2 rings (SSSR count). The van der Waals surface area contributed by atoms with E-state index < -0.39 is 0 Å². The van der Waals surface area contributed by atoms with Crippen LogP contribution in [0.4, 0.5) is 11.5 Å². The maximum absolute atomic E-state index is 6.04. The topological polar surface area (TPSA) is 60.0 Å². The van der Waals surface area contributed by atoms with Crippen LogP contribution in [-0.4, -0.2) is 21.8 Å². The van der Waals surface area contributed by atoms with Crippen LogP contribution < -0.4 is 10.6 Å². The van der Waals surface area contributed by atoms with Crippen molar-refractivity contribution in [3.63, 3.8) is 0 Å². The second-order valence-electron chi connectivity index (χ2n) is 4.57. The number of nitrogen functional groups attached to an aromatic ring is 1. The molecule has 0 bridgehead atoms. The van der Waals surface area contributed by atoms with E-state index in [9.17, 15) is 0 Å². The van der Waals surface area contributed by atoms with E-state index in [0.29, 0.717) is 6.54 Å². The van der Waals surface area contributed by atoms with E-state index in [1.165, 1.54) is 0 Å². The molecule has 0 unspecified atom stereocenters. The van der Waals surface area contributed by atoms with Gasteiger partial charge < -0.3 is 10.6 Å². The number of aryl methyl sites for hydroxylation is 3. The Morgan fingerprint density at radius 2 is 2.06 bits per heavy atom. The van der Waals surface area contributed by atoms with Gasteiger partial charge in [-0.3, -0.25) is 9.67 Å². The molecule has 5 nitrogen and oxygen atoms in total. The minimum absolute atomic E-state index is 0.713. The molecule has 0 radical (unpaired) electrons. The Labute approximate surface area is 107 Å². The van der Waals surface area contributed by atoms with Gasteiger partial charge in [-0.25, -0.2) is 0 Å². The monoisotopic (exact) mass is 245 g/mol. The summed E-state index contributed by atoms with van der Waals surface area (Å²) in [4.78, 5) is 6.56. The van der Waals surface area contributed by atoms with Gasteiger partial charge in [-0.2, -0.15) is 5.10 Å². The van der Waals surface area contributed by atoms with Gasteiger partial charge in [0.1, 0.15) is 5.82 Å². The molecule has 96 valence electrons. The molecule has 0 fully saturated rings. The van der Waals surface area contributed by atoms with Crippen LogP contribution in [0, 0.1) is 13.8 Å². The fourth-order valence-electron chi connectivity index (χ4n) is 2.12. The molecule has 2 heterocycles. The fraction of sp³-hybridized carbons (Fsp3) is 0.385. The highest BCUT2D eigenvalue weighted by molar-refractivity contribution is 5.65. The molecule has 2 aromatic rings. The third-order valence-corrected chi connectivity index (χ3v) is 2.94. The van der Waals surface area contributed by atoms with Crippen LogP contribution in [0.1, 0.15) is 17.1 Å². The van der Waals surface area contributed by atoms with Crippen molar-refractivity contribution in [2.24, 2.45) is 7.05 Å². The van der Waals surface area contributed by atoms with Crippen molar-refractivity contribution >= 4 is 11.5 Å². The standard InChI is InChI=1S/C13H19N5/c1-9-6-5-7-11(15-9)8-17(3)13-12(14)10(2)16-18(13)4/h5-7H,8,14H2,1-4H3. The van der Waals surface area contributed by atoms with Gasteiger partial charge in [0.05, 0.1) is 23.6 Å². The van der Waals surface area contributed by atoms with Gasteiger partial charge in [0.2, 0.25) is 0 Å². The number of rotatable bonds is 3. The molecule has 2 aromatic heterocycles. The number of nitrogens with zero attached hydrogens (tertiary/aromatic N) is 4. The van der Waals surface area contributed by atoms with Crippen molar-refractivity contribution in [2.45, 2.75) is 20.4 Å². The minimum Gasteiger partial charge on any atom is -0.394 e. The third kappa shape index (κ3) is 2.30. The Morgan fingerprint density at radius 1 is 1.33 bits per heavy atom. The van der Waals surface area contributed by atoms with E-state index in [0.717, 1.165) is 28.6 Å². The van der Waals surface area contributed by atoms with E-state index in [2.05, 4.69) is 15.0 Å². The van der Waals surface area contributed by atoms with Crippen molar-refractivity contribution in [1.29, 1.82) is 0 Å². The Hall–Kier alpha value is -2.04. The van der Waals surface area contributed by atoms with Crippen LogP contribution >= 0.6 is 0 Å². The van der Waals surface area contributed by atoms with E-state index in [1.807, 2.05) is 46.1 Å². The summed E-state index contributed by atoms with van der Waals surface area (Å²) in [5, 5.41) is 4.32. The van der Waals surface area contributed by atoms with Gasteiger partial charge >= 0.3 is 0 Å². The number of aromatic nitrogens is 3. The number of pyridine rings is 1. The summed E-state index contributed by atoms with van der Waals surface area (Å²) in [6.45, 7) is 4.62. The molecule has 0 saturated heterocycles. The molecule has 0 amide bonds. The zero-order chi connectivity index (χ0) is 13.3. The zero-order valence-corrected chi connectivity index (χ0v) is 11.3. The SMILES string of the molecule is Cc1cccc(CN(C)c2c(N)c(C)nn2C)n1. The average molecular weight is 245 g/mol. The predicted octanol–water partition coefficient (Wildman–Crippen LogP) is 1.65. The highest BCUT2D eigenvalue weighted by Crippen LogP contribution is 2.25. The smallest absolute Gasteiger partial charge is 0.150 e. The fourth-order valence-corrected chi connectivity index (χ4v) is 2.12. The summed E-state index contributed by atoms with van der Waals surface area (Å²) in [6.07, 6.45) is 0. The molecule has 0 aliphatic carbocycles. The first-order valence-corrected chi connectivity index (χ1v) is 5.91. The molecule has 18 heavy (non-hydrogen) atoms. The molecule has 0 aromatic carbocycles. The molecule has 5 heteroatoms. The Morgan fingerprint density at radius 3 is 2.61 bits per heavy atom. The van der Waals surface area contributed by atoms with Crippen LogP contribution in [0.15, 0.2) is 18.2 Å². The van der Waals surface area contributed by atoms with Crippen molar-refractivity contribution in [2.75, 3.05) is 17.7 Å². The highest BCUT2D eigenvalue weighted by Gasteiger charge is 2.14. The van der Waals surface area contributed by atoms with E-state index in [-0.39, 0.29) is 0 Å². The third-order valence-electron chi connectivity index (χ3n) is 2.94. The molecule has 0 aliphatic rings. The maximum atomic E-state index is 6.04. The lowest BCUT2D eigenvalue weighted by molar-refractivity contribution is 0.722. The Bertz CT molecular complexity index is 559. The van der Waals surface area contributed by atoms with Crippen molar-refractivity contribution < 1.29 is 0 Å². The number of nitrogens with two attached hydrogens (primary N) is 1. The van der Waals surface area contributed by atoms with Crippen LogP contribution in [0.3, 0.4) is 0 Å². The van der Waals surface area contributed by atoms with Gasteiger partial charge in [-0.15, -0.1) is 0 Å². The molecular formula is C13H19N5. The summed E-state index contributed by atoms with van der Waals surface area (Å²) >= 11 is 0. The van der Waals surface area contributed by atoms with Gasteiger partial charge in [0.15, 0.2) is 0 Å². The van der Waals surface area contributed by atoms with Crippen molar-refractivity contribution in [3.8, 4) is 0 Å². The average Bonchev–Trinajstić information content (AvgIpc) is 2.53. The maximum Gasteiger partial charge on any atom is 0.150 e. The van der Waals surface area contributed by atoms with Gasteiger partial charge in [-0.05, 0) is 26.0 Å². The van der Waals surface area contributed by atoms with E-state index in [4.69, 9.17) is 5.73 Å². The molecule has 2 N–H and O–H groups in total. The summed E-state index contributed by atoms with van der Waals surface area (Å²) in [6, 6.07) is 6.03. The largest absolute Gasteiger partial charge is 0.394 e. The first-order valence-electron chi connectivity index (χ1n) is 5.91. The van der Waals surface area contributed by atoms with E-state index >= 15 is 0 Å². The first kappa shape index (κ1) is 12.4. The lowest BCUT2D eigenvalue weighted by Crippen LogP contribution is -2.21. The highest BCUT2D eigenvalue weighted by atomic mass is 15.4. The molecule has 0 aliphatic heterocycles. The number of hydrogen-bond donors (Lipinski definition) is 1. The Balaban J connectivity index is 2.24. The molecule has 0 spiro atoms. The summed E-state index contributed by atoms with van der Waals surface area (Å²) in [7, 11) is 3.90. The number of anilines is 2. The van der Waals surface area contributed by atoms with Crippen LogP contribution in [0.25, 0.3) is 0 Å². The first-order chi connectivity index (χ1) is 8.49. The van der Waals surface area contributed by atoms with Crippen molar-refractivity contribution in [3.05, 3.63) is 35.3 Å². The second kappa shape index (κ2) is 4.68. The van der Waals surface area contributed by atoms with Gasteiger partial charge in [-0.1, -0.05) is 6.07 Å². The van der Waals surface area contributed by atoms with E-state index in [1.54, 1.807) is 4.68 Å². The lowest BCUT2D eigenvalue weighted by Gasteiger charge is -2.19. The normalized spacial score (nSPS) is 10.7. The minimum atomic E-state index is 0.713. The predicted molar refractivity (Wildman–Crippen MR) is 73.4 cm³/mol. The Kier molecular flexibility index (Phi) is 3.23. The summed E-state index contributed by atoms with van der Waals surface area (Å²) in [5.41, 5.74) is 9.68. The summed E-state index contributed by atoms with van der Waals surface area (Å²) in [5.74, 6) is 0.927. The second-order valence-corrected chi connectivity index (χ2v) is 4.57. The number of hydrogen-bond acceptors (Lipinski definition) is 4. The molecule has 0 saturated carbocycles. The zero-order valence-electron chi connectivity index (χ0n) is 11.3. The van der Waals surface area contributed by atoms with Gasteiger partial charge in [0, 0.05) is 19.8 Å². The molecule has 0 atom stereocenters.